The van der Waals surface area contributed by atoms with Crippen molar-refractivity contribution in [2.45, 2.75) is 25.3 Å². The molecular weight excluding hydrogens is 291 g/mol. The predicted octanol–water partition coefficient (Wildman–Crippen LogP) is 4.15. The summed E-state index contributed by atoms with van der Waals surface area (Å²) in [4.78, 5) is 4.35. The van der Waals surface area contributed by atoms with Gasteiger partial charge in [0.05, 0.1) is 0 Å². The molecule has 0 saturated carbocycles. The van der Waals surface area contributed by atoms with Crippen molar-refractivity contribution in [2.75, 3.05) is 7.05 Å². The number of pyridine rings is 1. The molecule has 1 unspecified atom stereocenters. The van der Waals surface area contributed by atoms with Crippen molar-refractivity contribution in [3.8, 4) is 0 Å². The van der Waals surface area contributed by atoms with Crippen molar-refractivity contribution in [1.82, 2.24) is 10.3 Å². The zero-order valence-corrected chi connectivity index (χ0v) is 13.0. The van der Waals surface area contributed by atoms with Crippen molar-refractivity contribution in [3.63, 3.8) is 0 Å². The molecule has 2 rings (SSSR count). The Balaban J connectivity index is 1.95. The van der Waals surface area contributed by atoms with Gasteiger partial charge in [-0.15, -0.1) is 0 Å². The monoisotopic (exact) mass is 308 g/mol. The molecule has 0 spiro atoms. The van der Waals surface area contributed by atoms with Gasteiger partial charge in [-0.05, 0) is 56.1 Å². The summed E-state index contributed by atoms with van der Waals surface area (Å²) in [6, 6.07) is 12.1. The number of aromatic nitrogens is 1. The first kappa shape index (κ1) is 15.3. The van der Waals surface area contributed by atoms with Gasteiger partial charge in [-0.25, -0.2) is 0 Å². The van der Waals surface area contributed by atoms with E-state index < -0.39 is 0 Å². The minimum atomic E-state index is 0.371. The Bertz CT molecular complexity index is 543. The second-order valence-corrected chi connectivity index (χ2v) is 5.63. The number of nitrogens with zero attached hydrogens (tertiary/aromatic N) is 1. The number of hydrogen-bond acceptors (Lipinski definition) is 2. The Morgan fingerprint density at radius 3 is 2.70 bits per heavy atom. The van der Waals surface area contributed by atoms with Crippen LogP contribution in [-0.4, -0.2) is 18.1 Å². The van der Waals surface area contributed by atoms with Crippen LogP contribution in [0.5, 0.6) is 0 Å². The Labute approximate surface area is 130 Å². The van der Waals surface area contributed by atoms with E-state index in [9.17, 15) is 0 Å². The molecule has 1 atom stereocenters. The van der Waals surface area contributed by atoms with Crippen LogP contribution < -0.4 is 5.32 Å². The summed E-state index contributed by atoms with van der Waals surface area (Å²) in [5.74, 6) is 0. The van der Waals surface area contributed by atoms with Gasteiger partial charge in [0.1, 0.15) is 0 Å². The summed E-state index contributed by atoms with van der Waals surface area (Å²) in [6.07, 6.45) is 4.70. The molecule has 1 aromatic heterocycles. The number of hydrogen-bond donors (Lipinski definition) is 1. The van der Waals surface area contributed by atoms with E-state index in [2.05, 4.69) is 16.4 Å². The summed E-state index contributed by atoms with van der Waals surface area (Å²) in [5.41, 5.74) is 2.24. The standard InChI is InChI=1S/C16H18Cl2N2/c1-19-15(8-7-14-4-2-3-9-20-14)10-12-5-6-13(17)11-16(12)18/h2-6,9,11,15,19H,7-8,10H2,1H3. The van der Waals surface area contributed by atoms with Gasteiger partial charge >= 0.3 is 0 Å². The molecule has 0 aliphatic carbocycles. The van der Waals surface area contributed by atoms with Crippen LogP contribution in [0.2, 0.25) is 10.0 Å². The lowest BCUT2D eigenvalue weighted by molar-refractivity contribution is 0.517. The number of rotatable bonds is 6. The summed E-state index contributed by atoms with van der Waals surface area (Å²) in [7, 11) is 1.98. The first-order valence-electron chi connectivity index (χ1n) is 6.70. The van der Waals surface area contributed by atoms with Gasteiger partial charge in [-0.3, -0.25) is 4.98 Å². The van der Waals surface area contributed by atoms with E-state index in [4.69, 9.17) is 23.2 Å². The van der Waals surface area contributed by atoms with Crippen LogP contribution in [0.25, 0.3) is 0 Å². The molecule has 0 saturated heterocycles. The van der Waals surface area contributed by atoms with Crippen LogP contribution in [0.4, 0.5) is 0 Å². The van der Waals surface area contributed by atoms with Gasteiger partial charge < -0.3 is 5.32 Å². The van der Waals surface area contributed by atoms with Gasteiger partial charge in [-0.1, -0.05) is 35.3 Å². The smallest absolute Gasteiger partial charge is 0.0453 e. The Morgan fingerprint density at radius 2 is 2.05 bits per heavy atom. The molecule has 0 radical (unpaired) electrons. The van der Waals surface area contributed by atoms with Crippen molar-refractivity contribution in [2.24, 2.45) is 0 Å². The second kappa shape index (κ2) is 7.63. The van der Waals surface area contributed by atoms with E-state index in [0.717, 1.165) is 35.5 Å². The molecule has 20 heavy (non-hydrogen) atoms. The fourth-order valence-electron chi connectivity index (χ4n) is 2.17. The molecule has 0 bridgehead atoms. The Morgan fingerprint density at radius 1 is 1.20 bits per heavy atom. The molecule has 0 fully saturated rings. The zero-order chi connectivity index (χ0) is 14.4. The molecule has 1 N–H and O–H groups in total. The van der Waals surface area contributed by atoms with Gasteiger partial charge in [-0.2, -0.15) is 0 Å². The second-order valence-electron chi connectivity index (χ2n) is 4.79. The molecule has 0 amide bonds. The maximum atomic E-state index is 6.22. The molecule has 106 valence electrons. The fraction of sp³-hybridized carbons (Fsp3) is 0.312. The lowest BCUT2D eigenvalue weighted by Gasteiger charge is -2.17. The van der Waals surface area contributed by atoms with E-state index in [1.165, 1.54) is 0 Å². The third-order valence-corrected chi connectivity index (χ3v) is 3.95. The molecule has 0 aliphatic rings. The maximum Gasteiger partial charge on any atom is 0.0453 e. The van der Waals surface area contributed by atoms with E-state index in [0.29, 0.717) is 11.1 Å². The third kappa shape index (κ3) is 4.48. The van der Waals surface area contributed by atoms with Crippen LogP contribution in [0, 0.1) is 0 Å². The van der Waals surface area contributed by atoms with Crippen LogP contribution in [-0.2, 0) is 12.8 Å². The predicted molar refractivity (Wildman–Crippen MR) is 85.6 cm³/mol. The first-order valence-corrected chi connectivity index (χ1v) is 7.45. The highest BCUT2D eigenvalue weighted by atomic mass is 35.5. The zero-order valence-electron chi connectivity index (χ0n) is 11.4. The van der Waals surface area contributed by atoms with Crippen molar-refractivity contribution >= 4 is 23.2 Å². The van der Waals surface area contributed by atoms with Gasteiger partial charge in [0.25, 0.3) is 0 Å². The summed E-state index contributed by atoms with van der Waals surface area (Å²) in [6.45, 7) is 0. The summed E-state index contributed by atoms with van der Waals surface area (Å²) >= 11 is 12.1. The molecule has 1 aromatic carbocycles. The number of halogens is 2. The number of likely N-dealkylation sites (N-methyl/N-ethyl adjacent to an activating group) is 1. The molecule has 1 heterocycles. The third-order valence-electron chi connectivity index (χ3n) is 3.36. The Kier molecular flexibility index (Phi) is 5.84. The topological polar surface area (TPSA) is 24.9 Å². The maximum absolute atomic E-state index is 6.22. The van der Waals surface area contributed by atoms with Gasteiger partial charge in [0.15, 0.2) is 0 Å². The summed E-state index contributed by atoms with van der Waals surface area (Å²) < 4.78 is 0. The molecule has 4 heteroatoms. The SMILES string of the molecule is CNC(CCc1ccccn1)Cc1ccc(Cl)cc1Cl. The quantitative estimate of drug-likeness (QED) is 0.867. The number of benzene rings is 1. The van der Waals surface area contributed by atoms with Crippen LogP contribution in [0.15, 0.2) is 42.6 Å². The Hall–Kier alpha value is -1.09. The highest BCUT2D eigenvalue weighted by Gasteiger charge is 2.10. The van der Waals surface area contributed by atoms with E-state index in [1.54, 1.807) is 6.07 Å². The average molecular weight is 309 g/mol. The molecular formula is C16H18Cl2N2. The van der Waals surface area contributed by atoms with Crippen LogP contribution >= 0.6 is 23.2 Å². The van der Waals surface area contributed by atoms with Gasteiger partial charge in [0, 0.05) is 28.0 Å². The first-order chi connectivity index (χ1) is 9.69. The van der Waals surface area contributed by atoms with Crippen molar-refractivity contribution < 1.29 is 0 Å². The van der Waals surface area contributed by atoms with Crippen LogP contribution in [0.1, 0.15) is 17.7 Å². The molecule has 2 aromatic rings. The van der Waals surface area contributed by atoms with E-state index in [-0.39, 0.29) is 0 Å². The van der Waals surface area contributed by atoms with Gasteiger partial charge in [0.2, 0.25) is 0 Å². The van der Waals surface area contributed by atoms with E-state index in [1.807, 2.05) is 37.5 Å². The normalized spacial score (nSPS) is 12.3. The summed E-state index contributed by atoms with van der Waals surface area (Å²) in [5, 5.41) is 4.75. The fourth-order valence-corrected chi connectivity index (χ4v) is 2.65. The minimum Gasteiger partial charge on any atom is -0.317 e. The number of aryl methyl sites for hydroxylation is 1. The molecule has 2 nitrogen and oxygen atoms in total. The lowest BCUT2D eigenvalue weighted by atomic mass is 10.0. The largest absolute Gasteiger partial charge is 0.317 e. The van der Waals surface area contributed by atoms with Crippen molar-refractivity contribution in [1.29, 1.82) is 0 Å². The highest BCUT2D eigenvalue weighted by Crippen LogP contribution is 2.22. The van der Waals surface area contributed by atoms with Crippen molar-refractivity contribution in [3.05, 3.63) is 63.9 Å². The number of nitrogens with one attached hydrogen (secondary N) is 1. The minimum absolute atomic E-state index is 0.371. The lowest BCUT2D eigenvalue weighted by Crippen LogP contribution is -2.28. The van der Waals surface area contributed by atoms with Crippen LogP contribution in [0.3, 0.4) is 0 Å². The molecule has 0 aliphatic heterocycles. The average Bonchev–Trinajstić information content (AvgIpc) is 2.46. The van der Waals surface area contributed by atoms with E-state index >= 15 is 0 Å². The highest BCUT2D eigenvalue weighted by molar-refractivity contribution is 6.35.